The van der Waals surface area contributed by atoms with E-state index in [9.17, 15) is 0 Å². The van der Waals surface area contributed by atoms with Crippen LogP contribution in [-0.2, 0) is 6.54 Å². The summed E-state index contributed by atoms with van der Waals surface area (Å²) in [5, 5.41) is 0. The Balaban J connectivity index is 1.75. The highest BCUT2D eigenvalue weighted by atomic mass is 16.5. The summed E-state index contributed by atoms with van der Waals surface area (Å²) in [5.41, 5.74) is 7.10. The number of hydrogen-bond acceptors (Lipinski definition) is 2. The Bertz CT molecular complexity index is 1000. The SMILES string of the molecule is COc1ccc(Cn2cnc3c(C)cc(-c4ccccc4)cc32)cc1. The maximum atomic E-state index is 5.24. The molecule has 0 N–H and O–H groups in total. The van der Waals surface area contributed by atoms with Gasteiger partial charge in [-0.3, -0.25) is 0 Å². The molecule has 0 spiro atoms. The third-order valence-electron chi connectivity index (χ3n) is 4.54. The van der Waals surface area contributed by atoms with Crippen molar-refractivity contribution >= 4 is 11.0 Å². The molecule has 0 saturated carbocycles. The zero-order chi connectivity index (χ0) is 17.2. The van der Waals surface area contributed by atoms with Crippen LogP contribution in [0.1, 0.15) is 11.1 Å². The minimum absolute atomic E-state index is 0.790. The summed E-state index contributed by atoms with van der Waals surface area (Å²) in [4.78, 5) is 4.62. The van der Waals surface area contributed by atoms with Gasteiger partial charge in [0, 0.05) is 6.54 Å². The lowest BCUT2D eigenvalue weighted by molar-refractivity contribution is 0.414. The quantitative estimate of drug-likeness (QED) is 0.523. The molecule has 1 aromatic heterocycles. The second-order valence-electron chi connectivity index (χ2n) is 6.25. The van der Waals surface area contributed by atoms with E-state index < -0.39 is 0 Å². The Hall–Kier alpha value is -3.07. The number of imidazole rings is 1. The molecule has 0 radical (unpaired) electrons. The average molecular weight is 328 g/mol. The van der Waals surface area contributed by atoms with Crippen molar-refractivity contribution in [3.05, 3.63) is 84.2 Å². The van der Waals surface area contributed by atoms with Crippen molar-refractivity contribution in [3.8, 4) is 16.9 Å². The molecule has 1 heterocycles. The van der Waals surface area contributed by atoms with Crippen LogP contribution in [0.5, 0.6) is 5.75 Å². The number of hydrogen-bond donors (Lipinski definition) is 0. The van der Waals surface area contributed by atoms with E-state index in [1.807, 2.05) is 24.5 Å². The highest BCUT2D eigenvalue weighted by Crippen LogP contribution is 2.27. The van der Waals surface area contributed by atoms with Gasteiger partial charge in [0.15, 0.2) is 0 Å². The molecule has 124 valence electrons. The van der Waals surface area contributed by atoms with E-state index in [0.717, 1.165) is 23.3 Å². The first-order chi connectivity index (χ1) is 12.2. The molecule has 0 amide bonds. The van der Waals surface area contributed by atoms with Crippen molar-refractivity contribution in [2.24, 2.45) is 0 Å². The van der Waals surface area contributed by atoms with Gasteiger partial charge in [-0.05, 0) is 53.4 Å². The highest BCUT2D eigenvalue weighted by molar-refractivity contribution is 5.85. The Morgan fingerprint density at radius 3 is 2.40 bits per heavy atom. The van der Waals surface area contributed by atoms with Crippen molar-refractivity contribution in [2.45, 2.75) is 13.5 Å². The van der Waals surface area contributed by atoms with Crippen molar-refractivity contribution in [2.75, 3.05) is 7.11 Å². The van der Waals surface area contributed by atoms with E-state index in [0.29, 0.717) is 0 Å². The standard InChI is InChI=1S/C22H20N2O/c1-16-12-19(18-6-4-3-5-7-18)13-21-22(16)23-15-24(21)14-17-8-10-20(25-2)11-9-17/h3-13,15H,14H2,1-2H3. The molecule has 0 aliphatic carbocycles. The van der Waals surface area contributed by atoms with E-state index in [1.54, 1.807) is 7.11 Å². The fourth-order valence-corrected chi connectivity index (χ4v) is 3.19. The zero-order valence-electron chi connectivity index (χ0n) is 14.4. The van der Waals surface area contributed by atoms with E-state index in [-0.39, 0.29) is 0 Å². The summed E-state index contributed by atoms with van der Waals surface area (Å²) in [5.74, 6) is 0.876. The van der Waals surface area contributed by atoms with Crippen LogP contribution in [-0.4, -0.2) is 16.7 Å². The minimum Gasteiger partial charge on any atom is -0.497 e. The lowest BCUT2D eigenvalue weighted by atomic mass is 10.0. The van der Waals surface area contributed by atoms with Gasteiger partial charge in [0.1, 0.15) is 5.75 Å². The summed E-state index contributed by atoms with van der Waals surface area (Å²) in [6.45, 7) is 2.91. The molecule has 3 heteroatoms. The molecule has 0 saturated heterocycles. The van der Waals surface area contributed by atoms with Gasteiger partial charge in [0.2, 0.25) is 0 Å². The second kappa shape index (κ2) is 6.44. The topological polar surface area (TPSA) is 27.1 Å². The van der Waals surface area contributed by atoms with Gasteiger partial charge in [-0.15, -0.1) is 0 Å². The maximum Gasteiger partial charge on any atom is 0.118 e. The molecule has 25 heavy (non-hydrogen) atoms. The average Bonchev–Trinajstić information content (AvgIpc) is 3.06. The minimum atomic E-state index is 0.790. The summed E-state index contributed by atoms with van der Waals surface area (Å²) in [7, 11) is 1.69. The van der Waals surface area contributed by atoms with E-state index >= 15 is 0 Å². The van der Waals surface area contributed by atoms with Gasteiger partial charge in [0.25, 0.3) is 0 Å². The van der Waals surface area contributed by atoms with E-state index in [2.05, 4.69) is 65.0 Å². The second-order valence-corrected chi connectivity index (χ2v) is 6.25. The van der Waals surface area contributed by atoms with Crippen LogP contribution >= 0.6 is 0 Å². The number of ether oxygens (including phenoxy) is 1. The number of methoxy groups -OCH3 is 1. The smallest absolute Gasteiger partial charge is 0.118 e. The van der Waals surface area contributed by atoms with Crippen LogP contribution < -0.4 is 4.74 Å². The molecule has 0 bridgehead atoms. The summed E-state index contributed by atoms with van der Waals surface area (Å²) in [6.07, 6.45) is 1.93. The van der Waals surface area contributed by atoms with Gasteiger partial charge in [0.05, 0.1) is 24.5 Å². The lowest BCUT2D eigenvalue weighted by Gasteiger charge is -2.09. The van der Waals surface area contributed by atoms with Crippen molar-refractivity contribution in [3.63, 3.8) is 0 Å². The fourth-order valence-electron chi connectivity index (χ4n) is 3.19. The molecule has 0 fully saturated rings. The summed E-state index contributed by atoms with van der Waals surface area (Å²) >= 11 is 0. The van der Waals surface area contributed by atoms with Gasteiger partial charge in [-0.1, -0.05) is 42.5 Å². The van der Waals surface area contributed by atoms with Crippen LogP contribution in [0.3, 0.4) is 0 Å². The third kappa shape index (κ3) is 3.01. The van der Waals surface area contributed by atoms with Crippen molar-refractivity contribution in [1.82, 2.24) is 9.55 Å². The van der Waals surface area contributed by atoms with Gasteiger partial charge in [-0.2, -0.15) is 0 Å². The molecule has 4 aromatic rings. The van der Waals surface area contributed by atoms with Crippen LogP contribution in [0, 0.1) is 6.92 Å². The Labute approximate surface area is 147 Å². The third-order valence-corrected chi connectivity index (χ3v) is 4.54. The summed E-state index contributed by atoms with van der Waals surface area (Å²) < 4.78 is 7.44. The van der Waals surface area contributed by atoms with Crippen molar-refractivity contribution in [1.29, 1.82) is 0 Å². The van der Waals surface area contributed by atoms with Gasteiger partial charge in [-0.25, -0.2) is 4.98 Å². The monoisotopic (exact) mass is 328 g/mol. The molecule has 0 aliphatic heterocycles. The van der Waals surface area contributed by atoms with Gasteiger partial charge >= 0.3 is 0 Å². The Morgan fingerprint density at radius 1 is 0.920 bits per heavy atom. The maximum absolute atomic E-state index is 5.24. The number of fused-ring (bicyclic) bond motifs is 1. The molecule has 0 unspecified atom stereocenters. The molecule has 0 aliphatic rings. The molecule has 0 atom stereocenters. The number of nitrogens with zero attached hydrogens (tertiary/aromatic N) is 2. The number of aromatic nitrogens is 2. The van der Waals surface area contributed by atoms with Crippen molar-refractivity contribution < 1.29 is 4.74 Å². The van der Waals surface area contributed by atoms with Gasteiger partial charge < -0.3 is 9.30 Å². The Morgan fingerprint density at radius 2 is 1.68 bits per heavy atom. The number of rotatable bonds is 4. The molecule has 3 aromatic carbocycles. The first kappa shape index (κ1) is 15.5. The van der Waals surface area contributed by atoms with Crippen LogP contribution in [0.4, 0.5) is 0 Å². The Kier molecular flexibility index (Phi) is 3.98. The van der Waals surface area contributed by atoms with Crippen LogP contribution in [0.15, 0.2) is 73.1 Å². The van der Waals surface area contributed by atoms with E-state index in [4.69, 9.17) is 4.74 Å². The lowest BCUT2D eigenvalue weighted by Crippen LogP contribution is -1.98. The van der Waals surface area contributed by atoms with Crippen LogP contribution in [0.25, 0.3) is 22.2 Å². The normalized spacial score (nSPS) is 11.0. The molecule has 3 nitrogen and oxygen atoms in total. The predicted octanol–water partition coefficient (Wildman–Crippen LogP) is 5.07. The first-order valence-corrected chi connectivity index (χ1v) is 8.38. The molecular weight excluding hydrogens is 308 g/mol. The van der Waals surface area contributed by atoms with Crippen LogP contribution in [0.2, 0.25) is 0 Å². The fraction of sp³-hybridized carbons (Fsp3) is 0.136. The largest absolute Gasteiger partial charge is 0.497 e. The highest BCUT2D eigenvalue weighted by Gasteiger charge is 2.09. The summed E-state index contributed by atoms with van der Waals surface area (Å²) in [6, 6.07) is 23.1. The number of aryl methyl sites for hydroxylation is 1. The predicted molar refractivity (Wildman–Crippen MR) is 102 cm³/mol. The number of benzene rings is 3. The molecular formula is C22H20N2O. The van der Waals surface area contributed by atoms with E-state index in [1.165, 1.54) is 22.3 Å². The zero-order valence-corrected chi connectivity index (χ0v) is 14.4. The first-order valence-electron chi connectivity index (χ1n) is 8.38. The molecule has 4 rings (SSSR count).